The van der Waals surface area contributed by atoms with Crippen molar-refractivity contribution in [3.63, 3.8) is 0 Å². The monoisotopic (exact) mass is 385 g/mol. The summed E-state index contributed by atoms with van der Waals surface area (Å²) >= 11 is 1.66. The van der Waals surface area contributed by atoms with E-state index in [1.54, 1.807) is 40.7 Å². The second-order valence-electron chi connectivity index (χ2n) is 6.55. The molecule has 9 nitrogen and oxygen atoms in total. The minimum absolute atomic E-state index is 0.0383. The van der Waals surface area contributed by atoms with Gasteiger partial charge in [-0.05, 0) is 39.7 Å². The molecule has 4 aromatic heterocycles. The number of hydrogen-bond acceptors (Lipinski definition) is 7. The number of aromatic nitrogens is 6. The number of thiophene rings is 1. The number of nitro groups is 1. The fourth-order valence-electron chi connectivity index (χ4n) is 3.59. The summed E-state index contributed by atoms with van der Waals surface area (Å²) < 4.78 is 3.30. The third-order valence-corrected chi connectivity index (χ3v) is 5.96. The van der Waals surface area contributed by atoms with Crippen LogP contribution in [-0.4, -0.2) is 34.3 Å². The topological polar surface area (TPSA) is 104 Å². The van der Waals surface area contributed by atoms with Gasteiger partial charge in [-0.25, -0.2) is 14.5 Å². The van der Waals surface area contributed by atoms with Crippen molar-refractivity contribution >= 4 is 32.9 Å². The molecule has 0 aliphatic heterocycles. The van der Waals surface area contributed by atoms with E-state index in [9.17, 15) is 10.1 Å². The quantitative estimate of drug-likeness (QED) is 0.393. The molecular formula is C17H19N7O2S. The van der Waals surface area contributed by atoms with Crippen LogP contribution in [-0.2, 0) is 6.42 Å². The van der Waals surface area contributed by atoms with Crippen LogP contribution in [0.15, 0.2) is 6.33 Å². The third kappa shape index (κ3) is 2.51. The molecule has 0 saturated carbocycles. The van der Waals surface area contributed by atoms with Gasteiger partial charge >= 0.3 is 5.69 Å². The summed E-state index contributed by atoms with van der Waals surface area (Å²) in [5.74, 6) is 0.552. The number of fused-ring (bicyclic) bond motifs is 3. The van der Waals surface area contributed by atoms with Gasteiger partial charge in [0.15, 0.2) is 11.5 Å². The maximum atomic E-state index is 11.3. The van der Waals surface area contributed by atoms with E-state index in [0.29, 0.717) is 17.2 Å². The van der Waals surface area contributed by atoms with Crippen molar-refractivity contribution in [2.45, 2.75) is 47.1 Å². The smallest absolute Gasteiger partial charge is 0.258 e. The van der Waals surface area contributed by atoms with E-state index in [0.717, 1.165) is 22.3 Å². The molecule has 0 aromatic carbocycles. The summed E-state index contributed by atoms with van der Waals surface area (Å²) in [6.45, 7) is 9.44. The Hall–Kier alpha value is -2.88. The number of nitrogens with zero attached hydrogens (tertiary/aromatic N) is 7. The Kier molecular flexibility index (Phi) is 3.95. The Morgan fingerprint density at radius 3 is 2.67 bits per heavy atom. The summed E-state index contributed by atoms with van der Waals surface area (Å²) in [4.78, 5) is 22.3. The standard InChI is InChI=1S/C17H19N7O2S/c1-6-12-11(5)27-17-13(12)16-19-15(21-22(16)7-18-17)10(4)23-9(3)14(24(25)26)8(2)20-23/h7,10H,6H2,1-5H3/t10-/m1/s1. The largest absolute Gasteiger partial charge is 0.312 e. The van der Waals surface area contributed by atoms with E-state index in [-0.39, 0.29) is 11.7 Å². The zero-order valence-electron chi connectivity index (χ0n) is 15.7. The Morgan fingerprint density at radius 2 is 2.04 bits per heavy atom. The molecule has 0 N–H and O–H groups in total. The molecule has 4 rings (SSSR count). The molecule has 0 spiro atoms. The maximum absolute atomic E-state index is 11.3. The van der Waals surface area contributed by atoms with Gasteiger partial charge in [-0.15, -0.1) is 16.4 Å². The maximum Gasteiger partial charge on any atom is 0.312 e. The Labute approximate surface area is 158 Å². The molecule has 140 valence electrons. The van der Waals surface area contributed by atoms with Gasteiger partial charge in [0, 0.05) is 4.88 Å². The molecule has 0 fully saturated rings. The van der Waals surface area contributed by atoms with Crippen molar-refractivity contribution in [2.75, 3.05) is 0 Å². The summed E-state index contributed by atoms with van der Waals surface area (Å²) in [7, 11) is 0. The normalized spacial score (nSPS) is 12.9. The first kappa shape index (κ1) is 17.5. The van der Waals surface area contributed by atoms with Crippen molar-refractivity contribution in [1.82, 2.24) is 29.4 Å². The lowest BCUT2D eigenvalue weighted by Gasteiger charge is -2.09. The van der Waals surface area contributed by atoms with Gasteiger partial charge in [0.05, 0.1) is 10.3 Å². The minimum Gasteiger partial charge on any atom is -0.258 e. The molecular weight excluding hydrogens is 366 g/mol. The van der Waals surface area contributed by atoms with Crippen LogP contribution in [0.25, 0.3) is 15.9 Å². The molecule has 0 radical (unpaired) electrons. The van der Waals surface area contributed by atoms with E-state index in [1.807, 2.05) is 6.92 Å². The Morgan fingerprint density at radius 1 is 1.30 bits per heavy atom. The van der Waals surface area contributed by atoms with E-state index in [1.165, 1.54) is 10.4 Å². The second-order valence-corrected chi connectivity index (χ2v) is 7.75. The Bertz CT molecular complexity index is 1200. The highest BCUT2D eigenvalue weighted by atomic mass is 32.1. The van der Waals surface area contributed by atoms with Crippen LogP contribution < -0.4 is 0 Å². The first-order chi connectivity index (χ1) is 12.8. The zero-order valence-corrected chi connectivity index (χ0v) is 16.5. The molecule has 0 amide bonds. The molecule has 10 heteroatoms. The fourth-order valence-corrected chi connectivity index (χ4v) is 4.67. The number of aryl methyl sites for hydroxylation is 3. The molecule has 0 aliphatic carbocycles. The van der Waals surface area contributed by atoms with E-state index >= 15 is 0 Å². The predicted octanol–water partition coefficient (Wildman–Crippen LogP) is 3.54. The number of rotatable bonds is 4. The number of hydrogen-bond donors (Lipinski definition) is 0. The fraction of sp³-hybridized carbons (Fsp3) is 0.412. The van der Waals surface area contributed by atoms with Gasteiger partial charge in [0.2, 0.25) is 0 Å². The van der Waals surface area contributed by atoms with Crippen molar-refractivity contribution < 1.29 is 4.92 Å². The van der Waals surface area contributed by atoms with Gasteiger partial charge in [0.1, 0.15) is 28.6 Å². The molecule has 0 unspecified atom stereocenters. The second kappa shape index (κ2) is 6.08. The average molecular weight is 385 g/mol. The van der Waals surface area contributed by atoms with E-state index < -0.39 is 4.92 Å². The molecule has 4 aromatic rings. The van der Waals surface area contributed by atoms with Crippen molar-refractivity contribution in [3.05, 3.63) is 44.1 Å². The van der Waals surface area contributed by atoms with Crippen LogP contribution in [0.1, 0.15) is 47.5 Å². The van der Waals surface area contributed by atoms with Crippen LogP contribution in [0.5, 0.6) is 0 Å². The van der Waals surface area contributed by atoms with Crippen LogP contribution in [0.3, 0.4) is 0 Å². The third-order valence-electron chi connectivity index (χ3n) is 4.91. The first-order valence-electron chi connectivity index (χ1n) is 8.66. The van der Waals surface area contributed by atoms with E-state index in [2.05, 4.69) is 29.0 Å². The van der Waals surface area contributed by atoms with Crippen molar-refractivity contribution in [3.8, 4) is 0 Å². The lowest BCUT2D eigenvalue weighted by atomic mass is 10.1. The molecule has 1 atom stereocenters. The van der Waals surface area contributed by atoms with Crippen LogP contribution in [0.2, 0.25) is 0 Å². The molecule has 27 heavy (non-hydrogen) atoms. The van der Waals surface area contributed by atoms with Gasteiger partial charge in [-0.1, -0.05) is 6.92 Å². The lowest BCUT2D eigenvalue weighted by molar-refractivity contribution is -0.386. The van der Waals surface area contributed by atoms with Crippen molar-refractivity contribution in [2.24, 2.45) is 0 Å². The first-order valence-corrected chi connectivity index (χ1v) is 9.48. The van der Waals surface area contributed by atoms with Crippen LogP contribution in [0, 0.1) is 30.9 Å². The molecule has 0 saturated heterocycles. The molecule has 0 bridgehead atoms. The van der Waals surface area contributed by atoms with Gasteiger partial charge in [-0.2, -0.15) is 5.10 Å². The highest BCUT2D eigenvalue weighted by Crippen LogP contribution is 2.33. The molecule has 4 heterocycles. The van der Waals surface area contributed by atoms with Gasteiger partial charge in [-0.3, -0.25) is 14.8 Å². The zero-order chi connectivity index (χ0) is 19.5. The van der Waals surface area contributed by atoms with E-state index in [4.69, 9.17) is 4.98 Å². The average Bonchev–Trinajstić information content (AvgIpc) is 3.26. The van der Waals surface area contributed by atoms with Crippen molar-refractivity contribution in [1.29, 1.82) is 0 Å². The SMILES string of the molecule is CCc1c(C)sc2ncn3nc([C@@H](C)n4nc(C)c([N+](=O)[O-])c4C)nc3c12. The highest BCUT2D eigenvalue weighted by Gasteiger charge is 2.27. The molecule has 0 aliphatic rings. The van der Waals surface area contributed by atoms with Crippen LogP contribution in [0.4, 0.5) is 5.69 Å². The van der Waals surface area contributed by atoms with Crippen LogP contribution >= 0.6 is 11.3 Å². The highest BCUT2D eigenvalue weighted by molar-refractivity contribution is 7.18. The summed E-state index contributed by atoms with van der Waals surface area (Å²) in [5.41, 5.74) is 2.92. The summed E-state index contributed by atoms with van der Waals surface area (Å²) in [6, 6.07) is -0.336. The Balaban J connectivity index is 1.89. The minimum atomic E-state index is -0.396. The van der Waals surface area contributed by atoms with Gasteiger partial charge in [0.25, 0.3) is 0 Å². The summed E-state index contributed by atoms with van der Waals surface area (Å²) in [6.07, 6.45) is 2.56. The predicted molar refractivity (Wildman–Crippen MR) is 102 cm³/mol. The summed E-state index contributed by atoms with van der Waals surface area (Å²) in [5, 5.41) is 21.2. The van der Waals surface area contributed by atoms with Gasteiger partial charge < -0.3 is 0 Å². The lowest BCUT2D eigenvalue weighted by Crippen LogP contribution is -2.12.